The fourth-order valence-corrected chi connectivity index (χ4v) is 6.50. The Morgan fingerprint density at radius 1 is 0.730 bits per heavy atom. The molecular formula is C31H21BrN2O3. The van der Waals surface area contributed by atoms with Crippen LogP contribution in [0, 0.1) is 11.8 Å². The summed E-state index contributed by atoms with van der Waals surface area (Å²) in [7, 11) is 0. The second-order valence-electron chi connectivity index (χ2n) is 9.69. The first-order valence-electron chi connectivity index (χ1n) is 12.3. The average Bonchev–Trinajstić information content (AvgIpc) is 3.41. The van der Waals surface area contributed by atoms with Crippen molar-refractivity contribution < 1.29 is 14.4 Å². The molecule has 2 amide bonds. The van der Waals surface area contributed by atoms with E-state index in [1.807, 2.05) is 95.9 Å². The Morgan fingerprint density at radius 3 is 2.24 bits per heavy atom. The number of rotatable bonds is 3. The summed E-state index contributed by atoms with van der Waals surface area (Å²) >= 11 is 3.43. The van der Waals surface area contributed by atoms with Crippen LogP contribution in [0.1, 0.15) is 15.9 Å². The van der Waals surface area contributed by atoms with Crippen LogP contribution in [0.15, 0.2) is 102 Å². The summed E-state index contributed by atoms with van der Waals surface area (Å²) in [6.07, 6.45) is 3.98. The summed E-state index contributed by atoms with van der Waals surface area (Å²) < 4.78 is 0.867. The molecule has 4 atom stereocenters. The van der Waals surface area contributed by atoms with E-state index < -0.39 is 17.9 Å². The molecule has 4 aromatic rings. The lowest BCUT2D eigenvalue weighted by molar-refractivity contribution is -0.122. The van der Waals surface area contributed by atoms with E-state index in [2.05, 4.69) is 15.9 Å². The van der Waals surface area contributed by atoms with Gasteiger partial charge in [-0.2, -0.15) is 0 Å². The van der Waals surface area contributed by atoms with Crippen molar-refractivity contribution in [1.82, 2.24) is 0 Å². The van der Waals surface area contributed by atoms with Crippen molar-refractivity contribution in [1.29, 1.82) is 0 Å². The molecular weight excluding hydrogens is 528 g/mol. The molecule has 2 saturated heterocycles. The fraction of sp³-hybridized carbons (Fsp3) is 0.129. The minimum atomic E-state index is -0.793. The van der Waals surface area contributed by atoms with Crippen LogP contribution in [0.2, 0.25) is 0 Å². The van der Waals surface area contributed by atoms with Gasteiger partial charge in [0.1, 0.15) is 6.04 Å². The maximum absolute atomic E-state index is 14.2. The van der Waals surface area contributed by atoms with Crippen LogP contribution in [-0.4, -0.2) is 29.7 Å². The van der Waals surface area contributed by atoms with Crippen molar-refractivity contribution in [3.8, 4) is 0 Å². The van der Waals surface area contributed by atoms with Crippen molar-refractivity contribution in [2.24, 2.45) is 11.8 Å². The first-order chi connectivity index (χ1) is 18.0. The third kappa shape index (κ3) is 3.18. The van der Waals surface area contributed by atoms with Gasteiger partial charge in [-0.05, 0) is 35.2 Å². The first kappa shape index (κ1) is 22.2. The Kier molecular flexibility index (Phi) is 4.95. The van der Waals surface area contributed by atoms with Crippen LogP contribution in [0.5, 0.6) is 0 Å². The molecule has 0 spiro atoms. The molecule has 0 saturated carbocycles. The van der Waals surface area contributed by atoms with E-state index in [-0.39, 0.29) is 23.6 Å². The number of fused-ring (bicyclic) bond motifs is 6. The molecule has 3 aliphatic heterocycles. The molecule has 5 nitrogen and oxygen atoms in total. The summed E-state index contributed by atoms with van der Waals surface area (Å²) in [6.45, 7) is 0. The normalized spacial score (nSPS) is 23.8. The van der Waals surface area contributed by atoms with Gasteiger partial charge in [0.15, 0.2) is 5.78 Å². The Morgan fingerprint density at radius 2 is 1.41 bits per heavy atom. The zero-order valence-corrected chi connectivity index (χ0v) is 21.2. The van der Waals surface area contributed by atoms with Crippen LogP contribution in [0.25, 0.3) is 16.8 Å². The Labute approximate surface area is 222 Å². The molecule has 4 aromatic carbocycles. The van der Waals surface area contributed by atoms with Gasteiger partial charge in [-0.15, -0.1) is 0 Å². The largest absolute Gasteiger partial charge is 0.352 e. The summed E-state index contributed by atoms with van der Waals surface area (Å²) in [6, 6.07) is 27.2. The van der Waals surface area contributed by atoms with Gasteiger partial charge in [0.05, 0.1) is 23.6 Å². The molecule has 3 aliphatic rings. The standard InChI is InChI=1S/C31H21BrN2O3/c32-21-15-12-20(13-16-21)29(35)28-27-26(25-17-14-19-7-2-4-10-23(19)33(25)28)30(36)34(31(27)37)24-11-5-8-18-6-1-3-9-22(18)24/h1-17,25-28H. The van der Waals surface area contributed by atoms with Crippen molar-refractivity contribution in [3.05, 3.63) is 113 Å². The van der Waals surface area contributed by atoms with Crippen molar-refractivity contribution >= 4 is 61.8 Å². The predicted octanol–water partition coefficient (Wildman–Crippen LogP) is 5.88. The van der Waals surface area contributed by atoms with Crippen molar-refractivity contribution in [3.63, 3.8) is 0 Å². The van der Waals surface area contributed by atoms with Gasteiger partial charge in [-0.25, -0.2) is 4.90 Å². The second-order valence-corrected chi connectivity index (χ2v) is 10.6. The fourth-order valence-electron chi connectivity index (χ4n) is 6.24. The van der Waals surface area contributed by atoms with Crippen LogP contribution in [0.4, 0.5) is 11.4 Å². The number of imide groups is 1. The molecule has 0 aliphatic carbocycles. The lowest BCUT2D eigenvalue weighted by Gasteiger charge is -2.36. The second kappa shape index (κ2) is 8.25. The molecule has 3 heterocycles. The molecule has 4 unspecified atom stereocenters. The van der Waals surface area contributed by atoms with Gasteiger partial charge in [-0.3, -0.25) is 14.4 Å². The highest BCUT2D eigenvalue weighted by molar-refractivity contribution is 9.10. The van der Waals surface area contributed by atoms with Crippen molar-refractivity contribution in [2.75, 3.05) is 9.80 Å². The average molecular weight is 549 g/mol. The van der Waals surface area contributed by atoms with Crippen LogP contribution >= 0.6 is 15.9 Å². The molecule has 0 radical (unpaired) electrons. The number of amides is 2. The van der Waals surface area contributed by atoms with Crippen molar-refractivity contribution in [2.45, 2.75) is 12.1 Å². The third-order valence-electron chi connectivity index (χ3n) is 7.82. The minimum absolute atomic E-state index is 0.156. The van der Waals surface area contributed by atoms with E-state index in [1.165, 1.54) is 4.90 Å². The highest BCUT2D eigenvalue weighted by Gasteiger charge is 2.64. The minimum Gasteiger partial charge on any atom is -0.352 e. The van der Waals surface area contributed by atoms with Gasteiger partial charge in [0, 0.05) is 21.1 Å². The highest BCUT2D eigenvalue weighted by Crippen LogP contribution is 2.50. The Bertz CT molecular complexity index is 1640. The number of hydrogen-bond acceptors (Lipinski definition) is 4. The zero-order valence-electron chi connectivity index (χ0n) is 19.6. The first-order valence-corrected chi connectivity index (χ1v) is 13.0. The number of benzene rings is 4. The van der Waals surface area contributed by atoms with E-state index in [9.17, 15) is 14.4 Å². The molecule has 2 fully saturated rings. The summed E-state index contributed by atoms with van der Waals surface area (Å²) in [4.78, 5) is 45.7. The van der Waals surface area contributed by atoms with E-state index in [0.717, 1.165) is 26.5 Å². The topological polar surface area (TPSA) is 57.7 Å². The Balaban J connectivity index is 1.39. The summed E-state index contributed by atoms with van der Waals surface area (Å²) in [5.74, 6) is -2.17. The van der Waals surface area contributed by atoms with Gasteiger partial charge in [-0.1, -0.05) is 94.8 Å². The molecule has 0 bridgehead atoms. The van der Waals surface area contributed by atoms with E-state index in [1.54, 1.807) is 12.1 Å². The number of nitrogens with zero attached hydrogens (tertiary/aromatic N) is 2. The SMILES string of the molecule is O=C(c1ccc(Br)cc1)C1C2C(=O)N(c3cccc4ccccc34)C(=O)C2C2C=Cc3ccccc3N21. The van der Waals surface area contributed by atoms with Gasteiger partial charge in [0.25, 0.3) is 0 Å². The maximum Gasteiger partial charge on any atom is 0.240 e. The summed E-state index contributed by atoms with van der Waals surface area (Å²) in [5.41, 5.74) is 2.93. The number of hydrogen-bond donors (Lipinski definition) is 0. The number of halogens is 1. The highest BCUT2D eigenvalue weighted by atomic mass is 79.9. The van der Waals surface area contributed by atoms with Gasteiger partial charge < -0.3 is 4.90 Å². The monoisotopic (exact) mass is 548 g/mol. The Hall–Kier alpha value is -4.03. The molecule has 0 aromatic heterocycles. The number of para-hydroxylation sites is 1. The lowest BCUT2D eigenvalue weighted by atomic mass is 9.86. The quantitative estimate of drug-likeness (QED) is 0.237. The van der Waals surface area contributed by atoms with Crippen LogP contribution < -0.4 is 9.80 Å². The number of ketones is 1. The van der Waals surface area contributed by atoms with Crippen LogP contribution in [-0.2, 0) is 9.59 Å². The van der Waals surface area contributed by atoms with Gasteiger partial charge >= 0.3 is 0 Å². The predicted molar refractivity (Wildman–Crippen MR) is 147 cm³/mol. The lowest BCUT2D eigenvalue weighted by Crippen LogP contribution is -2.48. The van der Waals surface area contributed by atoms with E-state index in [4.69, 9.17) is 0 Å². The smallest absolute Gasteiger partial charge is 0.240 e. The van der Waals surface area contributed by atoms with Crippen LogP contribution in [0.3, 0.4) is 0 Å². The number of carbonyl (C=O) groups excluding carboxylic acids is 3. The number of anilines is 2. The molecule has 180 valence electrons. The maximum atomic E-state index is 14.2. The molecule has 7 rings (SSSR count). The third-order valence-corrected chi connectivity index (χ3v) is 8.35. The molecule has 0 N–H and O–H groups in total. The number of carbonyl (C=O) groups is 3. The van der Waals surface area contributed by atoms with E-state index >= 15 is 0 Å². The number of Topliss-reactive ketones (excluding diaryl/α,β-unsaturated/α-hetero) is 1. The molecule has 37 heavy (non-hydrogen) atoms. The molecule has 6 heteroatoms. The summed E-state index contributed by atoms with van der Waals surface area (Å²) in [5, 5.41) is 1.79. The van der Waals surface area contributed by atoms with E-state index in [0.29, 0.717) is 11.3 Å². The van der Waals surface area contributed by atoms with Gasteiger partial charge in [0.2, 0.25) is 11.8 Å². The zero-order chi connectivity index (χ0) is 25.3.